The van der Waals surface area contributed by atoms with Crippen molar-refractivity contribution in [1.29, 1.82) is 5.26 Å². The van der Waals surface area contributed by atoms with Crippen LogP contribution in [0.25, 0.3) is 33.3 Å². The number of amides is 2. The number of carboxylic acids is 1. The molecule has 1 aromatic heterocycles. The summed E-state index contributed by atoms with van der Waals surface area (Å²) in [5.41, 5.74) is 5.81. The number of benzene rings is 4. The molecule has 0 aliphatic rings. The van der Waals surface area contributed by atoms with Gasteiger partial charge in [0.15, 0.2) is 0 Å². The summed E-state index contributed by atoms with van der Waals surface area (Å²) in [6.45, 7) is 1.85. The Hall–Kier alpha value is -5.88. The van der Waals surface area contributed by atoms with Gasteiger partial charge in [-0.3, -0.25) is 9.59 Å². The molecule has 0 atom stereocenters. The fourth-order valence-electron chi connectivity index (χ4n) is 4.87. The van der Waals surface area contributed by atoms with E-state index in [-0.39, 0.29) is 11.3 Å². The molecule has 0 spiro atoms. The molecular weight excluding hydrogens is 520 g/mol. The molecule has 9 heteroatoms. The van der Waals surface area contributed by atoms with Gasteiger partial charge in [0, 0.05) is 35.4 Å². The van der Waals surface area contributed by atoms with Crippen LogP contribution in [0.2, 0.25) is 0 Å². The van der Waals surface area contributed by atoms with Crippen LogP contribution >= 0.6 is 0 Å². The van der Waals surface area contributed by atoms with Gasteiger partial charge in [0.25, 0.3) is 0 Å². The van der Waals surface area contributed by atoms with Gasteiger partial charge in [-0.2, -0.15) is 5.26 Å². The van der Waals surface area contributed by atoms with Crippen molar-refractivity contribution in [2.75, 3.05) is 10.6 Å². The number of aromatic carboxylic acids is 1. The van der Waals surface area contributed by atoms with Gasteiger partial charge in [0.1, 0.15) is 11.3 Å². The van der Waals surface area contributed by atoms with Crippen molar-refractivity contribution < 1.29 is 24.6 Å². The molecular formula is C32H24N4O5. The molecule has 41 heavy (non-hydrogen) atoms. The Labute approximate surface area is 234 Å². The zero-order valence-electron chi connectivity index (χ0n) is 22.1. The van der Waals surface area contributed by atoms with Gasteiger partial charge in [0.2, 0.25) is 0 Å². The number of carbonyl (C=O) groups excluding carboxylic acids is 2. The molecule has 1 heterocycles. The second kappa shape index (κ2) is 10.7. The van der Waals surface area contributed by atoms with E-state index >= 15 is 0 Å². The molecule has 4 aromatic carbocycles. The number of nitrogens with zero attached hydrogens (tertiary/aromatic N) is 2. The average Bonchev–Trinajstić information content (AvgIpc) is 3.21. The molecule has 5 rings (SSSR count). The molecule has 4 N–H and O–H groups in total. The number of anilines is 2. The standard InChI is InChI=1S/C32H24N4O5/c1-18-25-15-26(32(40)41)28(37)16-27(25)36(2)29(18)22-6-4-8-24(14-22)35-31(39)30(38)34-23-7-3-5-21(13-23)20-11-9-19(17-33)10-12-20/h3-16,37H,1-2H3,(H,34,38)(H,35,39)(H,40,41). The SMILES string of the molecule is Cc1c(-c2cccc(NC(=O)C(=O)Nc3cccc(-c4ccc(C#N)cc4)c3)c2)n(C)c2cc(O)c(C(=O)O)cc12. The highest BCUT2D eigenvalue weighted by molar-refractivity contribution is 6.43. The lowest BCUT2D eigenvalue weighted by Crippen LogP contribution is -2.29. The summed E-state index contributed by atoms with van der Waals surface area (Å²) in [6.07, 6.45) is 0. The van der Waals surface area contributed by atoms with Crippen LogP contribution in [-0.2, 0) is 16.6 Å². The van der Waals surface area contributed by atoms with Crippen LogP contribution in [0.3, 0.4) is 0 Å². The molecule has 2 amide bonds. The van der Waals surface area contributed by atoms with Crippen molar-refractivity contribution in [2.24, 2.45) is 7.05 Å². The Morgan fingerprint density at radius 1 is 0.805 bits per heavy atom. The normalized spacial score (nSPS) is 10.7. The van der Waals surface area contributed by atoms with Gasteiger partial charge in [-0.1, -0.05) is 36.4 Å². The number of rotatable bonds is 5. The first-order chi connectivity index (χ1) is 19.7. The predicted molar refractivity (Wildman–Crippen MR) is 156 cm³/mol. The fraction of sp³-hybridized carbons (Fsp3) is 0.0625. The number of aromatic nitrogens is 1. The Bertz CT molecular complexity index is 1900. The second-order valence-corrected chi connectivity index (χ2v) is 9.48. The van der Waals surface area contributed by atoms with E-state index in [1.165, 1.54) is 12.1 Å². The minimum Gasteiger partial charge on any atom is -0.507 e. The summed E-state index contributed by atoms with van der Waals surface area (Å²) in [5, 5.41) is 34.5. The van der Waals surface area contributed by atoms with E-state index in [1.54, 1.807) is 55.6 Å². The Morgan fingerprint density at radius 3 is 1.98 bits per heavy atom. The number of aryl methyl sites for hydroxylation is 2. The largest absolute Gasteiger partial charge is 0.507 e. The highest BCUT2D eigenvalue weighted by atomic mass is 16.4. The third-order valence-electron chi connectivity index (χ3n) is 6.87. The quantitative estimate of drug-likeness (QED) is 0.210. The molecule has 0 radical (unpaired) electrons. The second-order valence-electron chi connectivity index (χ2n) is 9.48. The van der Waals surface area contributed by atoms with Crippen LogP contribution in [-0.4, -0.2) is 32.6 Å². The smallest absolute Gasteiger partial charge is 0.339 e. The molecule has 0 fully saturated rings. The first-order valence-corrected chi connectivity index (χ1v) is 12.5. The van der Waals surface area contributed by atoms with E-state index in [4.69, 9.17) is 5.26 Å². The van der Waals surface area contributed by atoms with Crippen molar-refractivity contribution in [3.63, 3.8) is 0 Å². The zero-order valence-corrected chi connectivity index (χ0v) is 22.1. The maximum Gasteiger partial charge on any atom is 0.339 e. The molecule has 9 nitrogen and oxygen atoms in total. The lowest BCUT2D eigenvalue weighted by atomic mass is 10.0. The number of aromatic hydroxyl groups is 1. The number of hydrogen-bond acceptors (Lipinski definition) is 5. The molecule has 5 aromatic rings. The van der Waals surface area contributed by atoms with Crippen molar-refractivity contribution in [3.8, 4) is 34.2 Å². The first-order valence-electron chi connectivity index (χ1n) is 12.5. The van der Waals surface area contributed by atoms with Crippen LogP contribution < -0.4 is 10.6 Å². The topological polar surface area (TPSA) is 144 Å². The summed E-state index contributed by atoms with van der Waals surface area (Å²) < 4.78 is 1.84. The lowest BCUT2D eigenvalue weighted by molar-refractivity contribution is -0.132. The van der Waals surface area contributed by atoms with Gasteiger partial charge in [0.05, 0.1) is 22.8 Å². The van der Waals surface area contributed by atoms with Gasteiger partial charge < -0.3 is 25.4 Å². The van der Waals surface area contributed by atoms with Crippen LogP contribution in [0, 0.1) is 18.3 Å². The number of phenols is 1. The van der Waals surface area contributed by atoms with Crippen molar-refractivity contribution >= 4 is 40.1 Å². The third-order valence-corrected chi connectivity index (χ3v) is 6.87. The average molecular weight is 545 g/mol. The van der Waals surface area contributed by atoms with Crippen molar-refractivity contribution in [3.05, 3.63) is 102 Å². The summed E-state index contributed by atoms with van der Waals surface area (Å²) in [7, 11) is 1.80. The number of nitrogens with one attached hydrogen (secondary N) is 2. The number of carbonyl (C=O) groups is 3. The molecule has 0 aliphatic carbocycles. The van der Waals surface area contributed by atoms with E-state index in [1.807, 2.05) is 35.8 Å². The van der Waals surface area contributed by atoms with Crippen molar-refractivity contribution in [2.45, 2.75) is 6.92 Å². The minimum atomic E-state index is -1.22. The molecule has 0 aliphatic heterocycles. The maximum absolute atomic E-state index is 12.8. The van der Waals surface area contributed by atoms with Gasteiger partial charge in [-0.15, -0.1) is 0 Å². The third kappa shape index (κ3) is 5.22. The van der Waals surface area contributed by atoms with Crippen LogP contribution in [0.4, 0.5) is 11.4 Å². The number of carboxylic acid groups (broad SMARTS) is 1. The molecule has 0 unspecified atom stereocenters. The van der Waals surface area contributed by atoms with Crippen LogP contribution in [0.15, 0.2) is 84.9 Å². The highest BCUT2D eigenvalue weighted by Crippen LogP contribution is 2.36. The summed E-state index contributed by atoms with van der Waals surface area (Å²) in [6, 6.07) is 26.0. The monoisotopic (exact) mass is 544 g/mol. The maximum atomic E-state index is 12.8. The minimum absolute atomic E-state index is 0.188. The highest BCUT2D eigenvalue weighted by Gasteiger charge is 2.20. The first kappa shape index (κ1) is 26.7. The summed E-state index contributed by atoms with van der Waals surface area (Å²) >= 11 is 0. The lowest BCUT2D eigenvalue weighted by Gasteiger charge is -2.11. The van der Waals surface area contributed by atoms with Gasteiger partial charge in [-0.25, -0.2) is 4.79 Å². The number of hydrogen-bond donors (Lipinski definition) is 4. The van der Waals surface area contributed by atoms with E-state index in [0.717, 1.165) is 27.9 Å². The Morgan fingerprint density at radius 2 is 1.39 bits per heavy atom. The van der Waals surface area contributed by atoms with Gasteiger partial charge in [-0.05, 0) is 66.1 Å². The summed E-state index contributed by atoms with van der Waals surface area (Å²) in [5.74, 6) is -3.25. The van der Waals surface area contributed by atoms with E-state index in [2.05, 4.69) is 16.7 Å². The molecule has 0 bridgehead atoms. The van der Waals surface area contributed by atoms with Crippen LogP contribution in [0.5, 0.6) is 5.75 Å². The van der Waals surface area contributed by atoms with Gasteiger partial charge >= 0.3 is 17.8 Å². The van der Waals surface area contributed by atoms with E-state index in [0.29, 0.717) is 27.8 Å². The fourth-order valence-corrected chi connectivity index (χ4v) is 4.87. The molecule has 0 saturated heterocycles. The molecule has 202 valence electrons. The number of fused-ring (bicyclic) bond motifs is 1. The Kier molecular flexibility index (Phi) is 6.98. The predicted octanol–water partition coefficient (Wildman–Crippen LogP) is 5.67. The Balaban J connectivity index is 1.35. The number of nitriles is 1. The van der Waals surface area contributed by atoms with E-state index < -0.39 is 17.8 Å². The molecule has 0 saturated carbocycles. The van der Waals surface area contributed by atoms with E-state index in [9.17, 15) is 24.6 Å². The summed E-state index contributed by atoms with van der Waals surface area (Å²) in [4.78, 5) is 37.0. The zero-order chi connectivity index (χ0) is 29.3. The van der Waals surface area contributed by atoms with Crippen LogP contribution in [0.1, 0.15) is 21.5 Å². The van der Waals surface area contributed by atoms with Crippen molar-refractivity contribution in [1.82, 2.24) is 4.57 Å².